The van der Waals surface area contributed by atoms with Crippen molar-refractivity contribution in [2.45, 2.75) is 6.42 Å². The minimum atomic E-state index is -0.451. The summed E-state index contributed by atoms with van der Waals surface area (Å²) < 4.78 is 11.3. The molecular weight excluding hydrogens is 526 g/mol. The highest BCUT2D eigenvalue weighted by Crippen LogP contribution is 2.22. The lowest BCUT2D eigenvalue weighted by Gasteiger charge is -2.08. The average molecular weight is 546 g/mol. The smallest absolute Gasteiger partial charge is 0.315 e. The Bertz CT molecular complexity index is 1380. The van der Waals surface area contributed by atoms with Crippen molar-refractivity contribution in [3.8, 4) is 5.75 Å². The molecule has 4 aromatic rings. The van der Waals surface area contributed by atoms with Gasteiger partial charge in [0.05, 0.1) is 18.9 Å². The van der Waals surface area contributed by atoms with Crippen molar-refractivity contribution in [1.29, 1.82) is 0 Å². The second-order valence-electron chi connectivity index (χ2n) is 7.53. The summed E-state index contributed by atoms with van der Waals surface area (Å²) in [6, 6.07) is 23.9. The first-order valence-electron chi connectivity index (χ1n) is 10.8. The van der Waals surface area contributed by atoms with E-state index in [1.807, 2.05) is 30.3 Å². The first kappa shape index (κ1) is 24.6. The van der Waals surface area contributed by atoms with Crippen molar-refractivity contribution in [3.63, 3.8) is 0 Å². The molecule has 0 radical (unpaired) electrons. The molecule has 0 saturated carbocycles. The standard InChI is InChI=1S/C27H20BrN3O5/c28-21-10-13-23(36-25(32)15-18-5-2-1-3-6-18)20(16-21)17-29-31-26(33)19-8-11-22(12-9-19)30-27(34)24-7-4-14-35-24/h1-14,16-17H,15H2,(H,30,34)(H,31,33)/b29-17-. The molecule has 2 amide bonds. The molecule has 0 aliphatic carbocycles. The van der Waals surface area contributed by atoms with Gasteiger partial charge in [-0.1, -0.05) is 46.3 Å². The Kier molecular flexibility index (Phi) is 8.05. The summed E-state index contributed by atoms with van der Waals surface area (Å²) in [5.74, 6) is -0.761. The Labute approximate surface area is 215 Å². The fourth-order valence-corrected chi connectivity index (χ4v) is 3.54. The summed E-state index contributed by atoms with van der Waals surface area (Å²) >= 11 is 3.38. The van der Waals surface area contributed by atoms with Crippen molar-refractivity contribution >= 4 is 45.6 Å². The number of carbonyl (C=O) groups is 3. The zero-order valence-corrected chi connectivity index (χ0v) is 20.4. The Hall–Kier alpha value is -4.50. The molecular formula is C27H20BrN3O5. The number of hydrogen-bond donors (Lipinski definition) is 2. The van der Waals surface area contributed by atoms with Gasteiger partial charge in [0.1, 0.15) is 5.75 Å². The Morgan fingerprint density at radius 2 is 1.69 bits per heavy atom. The van der Waals surface area contributed by atoms with Crippen LogP contribution in [0.4, 0.5) is 5.69 Å². The third-order valence-electron chi connectivity index (χ3n) is 4.91. The maximum absolute atomic E-state index is 12.5. The minimum absolute atomic E-state index is 0.127. The highest BCUT2D eigenvalue weighted by molar-refractivity contribution is 9.10. The second-order valence-corrected chi connectivity index (χ2v) is 8.44. The van der Waals surface area contributed by atoms with Crippen LogP contribution in [0.3, 0.4) is 0 Å². The fourth-order valence-electron chi connectivity index (χ4n) is 3.16. The summed E-state index contributed by atoms with van der Waals surface area (Å²) in [7, 11) is 0. The topological polar surface area (TPSA) is 110 Å². The van der Waals surface area contributed by atoms with E-state index >= 15 is 0 Å². The molecule has 0 unspecified atom stereocenters. The molecule has 0 atom stereocenters. The number of ether oxygens (including phenoxy) is 1. The summed E-state index contributed by atoms with van der Waals surface area (Å²) in [4.78, 5) is 36.9. The quantitative estimate of drug-likeness (QED) is 0.137. The van der Waals surface area contributed by atoms with E-state index in [0.717, 1.165) is 10.0 Å². The number of anilines is 1. The van der Waals surface area contributed by atoms with Gasteiger partial charge in [-0.3, -0.25) is 14.4 Å². The molecule has 1 aromatic heterocycles. The van der Waals surface area contributed by atoms with Gasteiger partial charge in [-0.2, -0.15) is 5.10 Å². The van der Waals surface area contributed by atoms with E-state index in [-0.39, 0.29) is 12.2 Å². The predicted molar refractivity (Wildman–Crippen MR) is 138 cm³/mol. The average Bonchev–Trinajstić information content (AvgIpc) is 3.42. The zero-order valence-electron chi connectivity index (χ0n) is 18.8. The number of rotatable bonds is 8. The van der Waals surface area contributed by atoms with Crippen LogP contribution in [0.15, 0.2) is 105 Å². The molecule has 0 aliphatic heterocycles. The van der Waals surface area contributed by atoms with Crippen LogP contribution in [-0.2, 0) is 11.2 Å². The molecule has 8 nitrogen and oxygen atoms in total. The number of furan rings is 1. The van der Waals surface area contributed by atoms with E-state index in [1.54, 1.807) is 54.6 Å². The number of halogens is 1. The largest absolute Gasteiger partial charge is 0.459 e. The lowest BCUT2D eigenvalue weighted by Crippen LogP contribution is -2.18. The lowest BCUT2D eigenvalue weighted by molar-refractivity contribution is -0.133. The third-order valence-corrected chi connectivity index (χ3v) is 5.40. The number of hydrogen-bond acceptors (Lipinski definition) is 6. The molecule has 0 fully saturated rings. The van der Waals surface area contributed by atoms with Crippen LogP contribution in [0, 0.1) is 0 Å². The van der Waals surface area contributed by atoms with Gasteiger partial charge in [0.25, 0.3) is 11.8 Å². The number of benzene rings is 3. The van der Waals surface area contributed by atoms with Crippen molar-refractivity contribution in [2.24, 2.45) is 5.10 Å². The molecule has 36 heavy (non-hydrogen) atoms. The molecule has 0 spiro atoms. The highest BCUT2D eigenvalue weighted by Gasteiger charge is 2.12. The maximum Gasteiger partial charge on any atom is 0.315 e. The van der Waals surface area contributed by atoms with Gasteiger partial charge in [0, 0.05) is 21.3 Å². The van der Waals surface area contributed by atoms with Crippen LogP contribution in [0.1, 0.15) is 32.0 Å². The molecule has 0 aliphatic rings. The van der Waals surface area contributed by atoms with Crippen molar-refractivity contribution < 1.29 is 23.5 Å². The molecule has 0 bridgehead atoms. The normalized spacial score (nSPS) is 10.7. The first-order chi connectivity index (χ1) is 17.5. The second kappa shape index (κ2) is 11.8. The van der Waals surface area contributed by atoms with Crippen molar-refractivity contribution in [2.75, 3.05) is 5.32 Å². The molecule has 180 valence electrons. The number of amides is 2. The van der Waals surface area contributed by atoms with Gasteiger partial charge in [-0.05, 0) is 60.2 Å². The molecule has 3 aromatic carbocycles. The van der Waals surface area contributed by atoms with Crippen molar-refractivity contribution in [3.05, 3.63) is 118 Å². The van der Waals surface area contributed by atoms with Gasteiger partial charge in [-0.25, -0.2) is 5.43 Å². The number of nitrogens with zero attached hydrogens (tertiary/aromatic N) is 1. The van der Waals surface area contributed by atoms with E-state index in [4.69, 9.17) is 9.15 Å². The molecule has 0 saturated heterocycles. The van der Waals surface area contributed by atoms with Crippen LogP contribution < -0.4 is 15.5 Å². The third kappa shape index (κ3) is 6.77. The van der Waals surface area contributed by atoms with Gasteiger partial charge in [0.15, 0.2) is 5.76 Å². The van der Waals surface area contributed by atoms with Crippen molar-refractivity contribution in [1.82, 2.24) is 5.43 Å². The summed E-state index contributed by atoms with van der Waals surface area (Å²) in [5.41, 5.74) is 4.63. The molecule has 4 rings (SSSR count). The van der Waals surface area contributed by atoms with Gasteiger partial charge in [-0.15, -0.1) is 0 Å². The Morgan fingerprint density at radius 3 is 2.42 bits per heavy atom. The minimum Gasteiger partial charge on any atom is -0.459 e. The SMILES string of the molecule is O=C(Cc1ccccc1)Oc1ccc(Br)cc1/C=N\NC(=O)c1ccc(NC(=O)c2ccco2)cc1. The molecule has 9 heteroatoms. The molecule has 2 N–H and O–H groups in total. The van der Waals surface area contributed by atoms with Gasteiger partial charge < -0.3 is 14.5 Å². The van der Waals surface area contributed by atoms with Crippen LogP contribution in [0.25, 0.3) is 0 Å². The van der Waals surface area contributed by atoms with Crippen LogP contribution in [-0.4, -0.2) is 24.0 Å². The lowest BCUT2D eigenvalue weighted by atomic mass is 10.1. The fraction of sp³-hybridized carbons (Fsp3) is 0.0370. The van der Waals surface area contributed by atoms with E-state index < -0.39 is 17.8 Å². The predicted octanol–water partition coefficient (Wildman–Crippen LogP) is 5.21. The summed E-state index contributed by atoms with van der Waals surface area (Å²) in [6.45, 7) is 0. The number of nitrogens with one attached hydrogen (secondary N) is 2. The summed E-state index contributed by atoms with van der Waals surface area (Å²) in [5, 5.41) is 6.67. The number of esters is 1. The zero-order chi connectivity index (χ0) is 25.3. The van der Waals surface area contributed by atoms with Crippen LogP contribution in [0.2, 0.25) is 0 Å². The first-order valence-corrected chi connectivity index (χ1v) is 11.6. The van der Waals surface area contributed by atoms with E-state index in [9.17, 15) is 14.4 Å². The van der Waals surface area contributed by atoms with E-state index in [1.165, 1.54) is 12.5 Å². The monoisotopic (exact) mass is 545 g/mol. The summed E-state index contributed by atoms with van der Waals surface area (Å²) in [6.07, 6.45) is 2.93. The van der Waals surface area contributed by atoms with E-state index in [2.05, 4.69) is 31.8 Å². The Morgan fingerprint density at radius 1 is 0.917 bits per heavy atom. The van der Waals surface area contributed by atoms with Crippen LogP contribution in [0.5, 0.6) is 5.75 Å². The van der Waals surface area contributed by atoms with Gasteiger partial charge in [0.2, 0.25) is 0 Å². The van der Waals surface area contributed by atoms with Crippen LogP contribution >= 0.6 is 15.9 Å². The number of carbonyl (C=O) groups excluding carboxylic acids is 3. The van der Waals surface area contributed by atoms with Gasteiger partial charge >= 0.3 is 5.97 Å². The maximum atomic E-state index is 12.5. The Balaban J connectivity index is 1.36. The number of hydrazone groups is 1. The molecule has 1 heterocycles. The highest BCUT2D eigenvalue weighted by atomic mass is 79.9. The van der Waals surface area contributed by atoms with E-state index in [0.29, 0.717) is 22.6 Å².